The lowest BCUT2D eigenvalue weighted by molar-refractivity contribution is -0.0805. The van der Waals surface area contributed by atoms with Crippen LogP contribution in [0.15, 0.2) is 0 Å². The van der Waals surface area contributed by atoms with E-state index in [-0.39, 0.29) is 21.5 Å². The van der Waals surface area contributed by atoms with E-state index in [0.717, 1.165) is 0 Å². The first kappa shape index (κ1) is 14.4. The lowest BCUT2D eigenvalue weighted by atomic mass is 9.99. The zero-order chi connectivity index (χ0) is 7.78. The molecule has 0 amide bonds. The molecule has 1 rings (SSSR count). The van der Waals surface area contributed by atoms with Crippen molar-refractivity contribution < 1.29 is 20.1 Å². The van der Waals surface area contributed by atoms with Crippen LogP contribution in [0.4, 0.5) is 0 Å². The molecule has 76 valence electrons. The van der Waals surface area contributed by atoms with Crippen molar-refractivity contribution in [3.05, 3.63) is 0 Å². The Kier molecular flexibility index (Phi) is 5.71. The first-order valence-electron chi connectivity index (χ1n) is 3.23. The van der Waals surface area contributed by atoms with Gasteiger partial charge in [0.05, 0.1) is 19.3 Å². The fourth-order valence-corrected chi connectivity index (χ4v) is 1.03. The van der Waals surface area contributed by atoms with Crippen LogP contribution in [0.5, 0.6) is 0 Å². The van der Waals surface area contributed by atoms with Gasteiger partial charge in [0, 0.05) is 0 Å². The van der Waals surface area contributed by atoms with E-state index >= 15 is 0 Å². The standard InChI is InChI=1S/C6H12O4.2CH4/c1-4-5(8)6(9,2-7)3-10-4;;/h4-5,7-9H,2-3H2,1H3;2*1H4/t4-,5+,6?;;/m0../s1. The van der Waals surface area contributed by atoms with Gasteiger partial charge in [0.25, 0.3) is 0 Å². The SMILES string of the molecule is C.C.C[C@@H]1OCC(O)(CO)[C@@H]1O. The van der Waals surface area contributed by atoms with Crippen molar-refractivity contribution in [2.45, 2.75) is 39.6 Å². The average Bonchev–Trinajstić information content (AvgIpc) is 2.19. The number of hydrogen-bond donors (Lipinski definition) is 3. The minimum atomic E-state index is -1.45. The molecule has 1 aliphatic heterocycles. The van der Waals surface area contributed by atoms with Crippen molar-refractivity contribution in [2.24, 2.45) is 0 Å². The third kappa shape index (κ3) is 2.17. The van der Waals surface area contributed by atoms with Gasteiger partial charge in [0.1, 0.15) is 11.7 Å². The van der Waals surface area contributed by atoms with Crippen LogP contribution in [0.3, 0.4) is 0 Å². The van der Waals surface area contributed by atoms with Gasteiger partial charge in [-0.3, -0.25) is 0 Å². The largest absolute Gasteiger partial charge is 0.393 e. The number of rotatable bonds is 1. The zero-order valence-corrected chi connectivity index (χ0v) is 5.82. The van der Waals surface area contributed by atoms with E-state index in [1.54, 1.807) is 6.92 Å². The van der Waals surface area contributed by atoms with Crippen molar-refractivity contribution in [3.8, 4) is 0 Å². The van der Waals surface area contributed by atoms with Gasteiger partial charge in [-0.15, -0.1) is 0 Å². The van der Waals surface area contributed by atoms with Gasteiger partial charge in [-0.05, 0) is 6.92 Å². The first-order valence-corrected chi connectivity index (χ1v) is 3.23. The number of hydrogen-bond acceptors (Lipinski definition) is 4. The average molecular weight is 180 g/mol. The summed E-state index contributed by atoms with van der Waals surface area (Å²) in [6, 6.07) is 0. The summed E-state index contributed by atoms with van der Waals surface area (Å²) in [5, 5.41) is 27.1. The number of ether oxygens (including phenoxy) is 1. The molecule has 1 fully saturated rings. The van der Waals surface area contributed by atoms with Gasteiger partial charge in [-0.2, -0.15) is 0 Å². The summed E-state index contributed by atoms with van der Waals surface area (Å²) in [6.07, 6.45) is -1.37. The second-order valence-electron chi connectivity index (χ2n) is 2.72. The molecule has 3 N–H and O–H groups in total. The lowest BCUT2D eigenvalue weighted by Gasteiger charge is -2.22. The Balaban J connectivity index is 0. The van der Waals surface area contributed by atoms with Crippen LogP contribution in [-0.2, 0) is 4.74 Å². The minimum absolute atomic E-state index is 0. The molecule has 0 aliphatic carbocycles. The molecule has 0 bridgehead atoms. The van der Waals surface area contributed by atoms with E-state index in [4.69, 9.17) is 9.84 Å². The van der Waals surface area contributed by atoms with Crippen molar-refractivity contribution in [3.63, 3.8) is 0 Å². The van der Waals surface area contributed by atoms with E-state index in [2.05, 4.69) is 0 Å². The predicted molar refractivity (Wildman–Crippen MR) is 46.9 cm³/mol. The maximum absolute atomic E-state index is 9.31. The second-order valence-corrected chi connectivity index (χ2v) is 2.72. The molecule has 1 heterocycles. The molecule has 0 spiro atoms. The topological polar surface area (TPSA) is 69.9 Å². The van der Waals surface area contributed by atoms with Gasteiger partial charge in [-0.1, -0.05) is 14.9 Å². The molecule has 0 radical (unpaired) electrons. The summed E-state index contributed by atoms with van der Waals surface area (Å²) in [5.74, 6) is 0. The number of aliphatic hydroxyl groups excluding tert-OH is 2. The van der Waals surface area contributed by atoms with Crippen molar-refractivity contribution in [1.82, 2.24) is 0 Å². The molecule has 4 nitrogen and oxygen atoms in total. The van der Waals surface area contributed by atoms with Crippen molar-refractivity contribution in [2.75, 3.05) is 13.2 Å². The molecule has 12 heavy (non-hydrogen) atoms. The molecular formula is C8H20O4. The fraction of sp³-hybridized carbons (Fsp3) is 1.00. The third-order valence-corrected chi connectivity index (χ3v) is 1.87. The first-order chi connectivity index (χ1) is 4.60. The van der Waals surface area contributed by atoms with Crippen molar-refractivity contribution in [1.29, 1.82) is 0 Å². The molecule has 0 aromatic rings. The van der Waals surface area contributed by atoms with Gasteiger partial charge in [-0.25, -0.2) is 0 Å². The van der Waals surface area contributed by atoms with Crippen LogP contribution in [0, 0.1) is 0 Å². The molecule has 1 saturated heterocycles. The van der Waals surface area contributed by atoms with Gasteiger partial charge < -0.3 is 20.1 Å². The second kappa shape index (κ2) is 4.77. The zero-order valence-electron chi connectivity index (χ0n) is 5.82. The van der Waals surface area contributed by atoms with Crippen LogP contribution in [0.2, 0.25) is 0 Å². The highest BCUT2D eigenvalue weighted by atomic mass is 16.5. The fourth-order valence-electron chi connectivity index (χ4n) is 1.03. The molecule has 1 aliphatic rings. The van der Waals surface area contributed by atoms with Crippen molar-refractivity contribution >= 4 is 0 Å². The smallest absolute Gasteiger partial charge is 0.139 e. The molecule has 0 aromatic carbocycles. The minimum Gasteiger partial charge on any atom is -0.393 e. The highest BCUT2D eigenvalue weighted by Crippen LogP contribution is 2.23. The molecule has 0 aromatic heterocycles. The highest BCUT2D eigenvalue weighted by Gasteiger charge is 2.45. The highest BCUT2D eigenvalue weighted by molar-refractivity contribution is 4.94. The third-order valence-electron chi connectivity index (χ3n) is 1.87. The van der Waals surface area contributed by atoms with Gasteiger partial charge >= 0.3 is 0 Å². The Morgan fingerprint density at radius 2 is 2.00 bits per heavy atom. The Hall–Kier alpha value is -0.160. The monoisotopic (exact) mass is 180 g/mol. The van der Waals surface area contributed by atoms with E-state index in [9.17, 15) is 10.2 Å². The van der Waals surface area contributed by atoms with Crippen LogP contribution in [0.25, 0.3) is 0 Å². The predicted octanol–water partition coefficient (Wildman–Crippen LogP) is -0.238. The van der Waals surface area contributed by atoms with E-state index in [1.807, 2.05) is 0 Å². The Morgan fingerprint density at radius 1 is 1.50 bits per heavy atom. The Labute approximate surface area is 73.8 Å². The van der Waals surface area contributed by atoms with Gasteiger partial charge in [0.15, 0.2) is 0 Å². The van der Waals surface area contributed by atoms with Crippen LogP contribution >= 0.6 is 0 Å². The van der Waals surface area contributed by atoms with E-state index in [1.165, 1.54) is 0 Å². The molecule has 0 saturated carbocycles. The van der Waals surface area contributed by atoms with Gasteiger partial charge in [0.2, 0.25) is 0 Å². The summed E-state index contributed by atoms with van der Waals surface area (Å²) in [7, 11) is 0. The maximum Gasteiger partial charge on any atom is 0.139 e. The summed E-state index contributed by atoms with van der Waals surface area (Å²) < 4.78 is 4.91. The Bertz CT molecular complexity index is 128. The molecule has 4 heteroatoms. The lowest BCUT2D eigenvalue weighted by Crippen LogP contribution is -2.46. The van der Waals surface area contributed by atoms with Crippen LogP contribution in [-0.4, -0.2) is 46.3 Å². The van der Waals surface area contributed by atoms with E-state index < -0.39 is 24.4 Å². The van der Waals surface area contributed by atoms with Crippen LogP contribution < -0.4 is 0 Å². The summed E-state index contributed by atoms with van der Waals surface area (Å²) in [6.45, 7) is 1.20. The molecule has 1 unspecified atom stereocenters. The van der Waals surface area contributed by atoms with E-state index in [0.29, 0.717) is 0 Å². The quantitative estimate of drug-likeness (QED) is 0.521. The number of aliphatic hydroxyl groups is 3. The molecular weight excluding hydrogens is 160 g/mol. The summed E-state index contributed by atoms with van der Waals surface area (Å²) in [4.78, 5) is 0. The molecule has 3 atom stereocenters. The summed E-state index contributed by atoms with van der Waals surface area (Å²) >= 11 is 0. The summed E-state index contributed by atoms with van der Waals surface area (Å²) in [5.41, 5.74) is -1.45. The van der Waals surface area contributed by atoms with Crippen LogP contribution in [0.1, 0.15) is 21.8 Å². The normalized spacial score (nSPS) is 40.0. The maximum atomic E-state index is 9.31. The Morgan fingerprint density at radius 3 is 2.17 bits per heavy atom.